The van der Waals surface area contributed by atoms with E-state index in [1.54, 1.807) is 0 Å². The highest BCUT2D eigenvalue weighted by atomic mass is 16.5. The summed E-state index contributed by atoms with van der Waals surface area (Å²) in [5.74, 6) is 0.0652. The molecule has 2 aliphatic rings. The maximum atomic E-state index is 11.4. The molecule has 0 aromatic carbocycles. The maximum Gasteiger partial charge on any atom is 0.308 e. The van der Waals surface area contributed by atoms with Crippen molar-refractivity contribution in [1.82, 2.24) is 5.32 Å². The van der Waals surface area contributed by atoms with Gasteiger partial charge in [-0.2, -0.15) is 0 Å². The molecule has 2 fully saturated rings. The molecule has 18 heavy (non-hydrogen) atoms. The largest absolute Gasteiger partial charge is 0.469 e. The fourth-order valence-corrected chi connectivity index (χ4v) is 3.24. The lowest BCUT2D eigenvalue weighted by atomic mass is 9.84. The summed E-state index contributed by atoms with van der Waals surface area (Å²) < 4.78 is 4.80. The highest BCUT2D eigenvalue weighted by molar-refractivity contribution is 5.72. The lowest BCUT2D eigenvalue weighted by Gasteiger charge is -2.33. The lowest BCUT2D eigenvalue weighted by molar-refractivity contribution is -0.146. The zero-order valence-corrected chi connectivity index (χ0v) is 11.2. The van der Waals surface area contributed by atoms with Gasteiger partial charge in [-0.25, -0.2) is 0 Å². The first-order valence-corrected chi connectivity index (χ1v) is 7.21. The number of ether oxygens (including phenoxy) is 1. The van der Waals surface area contributed by atoms with E-state index in [2.05, 4.69) is 5.32 Å². The normalized spacial score (nSPS) is 37.2. The van der Waals surface area contributed by atoms with Gasteiger partial charge >= 0.3 is 5.97 Å². The van der Waals surface area contributed by atoms with Crippen molar-refractivity contribution >= 4 is 5.97 Å². The second kappa shape index (κ2) is 6.53. The predicted molar refractivity (Wildman–Crippen MR) is 69.2 cm³/mol. The number of carbonyl (C=O) groups excluding carboxylic acids is 1. The SMILES string of the molecule is COC(=O)C1CCC(NC2CCC(O)CC2)CC1. The van der Waals surface area contributed by atoms with Crippen LogP contribution in [0.1, 0.15) is 51.4 Å². The molecular weight excluding hydrogens is 230 g/mol. The third kappa shape index (κ3) is 3.69. The van der Waals surface area contributed by atoms with E-state index in [1.807, 2.05) is 0 Å². The number of esters is 1. The van der Waals surface area contributed by atoms with Crippen LogP contribution in [0.2, 0.25) is 0 Å². The van der Waals surface area contributed by atoms with Crippen molar-refractivity contribution in [3.8, 4) is 0 Å². The Hall–Kier alpha value is -0.610. The smallest absolute Gasteiger partial charge is 0.308 e. The zero-order valence-electron chi connectivity index (χ0n) is 11.2. The topological polar surface area (TPSA) is 58.6 Å². The van der Waals surface area contributed by atoms with Crippen LogP contribution in [0.3, 0.4) is 0 Å². The number of rotatable bonds is 3. The molecule has 0 aliphatic heterocycles. The monoisotopic (exact) mass is 255 g/mol. The molecule has 0 amide bonds. The van der Waals surface area contributed by atoms with Gasteiger partial charge in [0, 0.05) is 12.1 Å². The molecule has 2 rings (SSSR count). The van der Waals surface area contributed by atoms with Gasteiger partial charge in [0.25, 0.3) is 0 Å². The second-order valence-electron chi connectivity index (χ2n) is 5.74. The van der Waals surface area contributed by atoms with Crippen molar-refractivity contribution in [2.24, 2.45) is 5.92 Å². The van der Waals surface area contributed by atoms with Crippen LogP contribution in [0.25, 0.3) is 0 Å². The predicted octanol–water partition coefficient (Wildman–Crippen LogP) is 1.61. The number of nitrogens with one attached hydrogen (secondary N) is 1. The third-order valence-corrected chi connectivity index (χ3v) is 4.43. The standard InChI is InChI=1S/C14H25NO3/c1-18-14(17)10-2-4-11(5-3-10)15-12-6-8-13(16)9-7-12/h10-13,15-16H,2-9H2,1H3. The van der Waals surface area contributed by atoms with Crippen molar-refractivity contribution in [1.29, 1.82) is 0 Å². The van der Waals surface area contributed by atoms with Crippen LogP contribution in [-0.2, 0) is 9.53 Å². The Morgan fingerprint density at radius 3 is 2.00 bits per heavy atom. The quantitative estimate of drug-likeness (QED) is 0.752. The van der Waals surface area contributed by atoms with Crippen LogP contribution in [0.5, 0.6) is 0 Å². The Kier molecular flexibility index (Phi) is 5.01. The second-order valence-corrected chi connectivity index (χ2v) is 5.74. The fraction of sp³-hybridized carbons (Fsp3) is 0.929. The molecule has 4 heteroatoms. The van der Waals surface area contributed by atoms with Gasteiger partial charge < -0.3 is 15.2 Å². The van der Waals surface area contributed by atoms with Gasteiger partial charge in [-0.1, -0.05) is 0 Å². The molecule has 0 aromatic heterocycles. The highest BCUT2D eigenvalue weighted by Gasteiger charge is 2.28. The molecule has 0 saturated heterocycles. The Morgan fingerprint density at radius 2 is 1.50 bits per heavy atom. The van der Waals surface area contributed by atoms with Crippen molar-refractivity contribution in [3.05, 3.63) is 0 Å². The first-order valence-electron chi connectivity index (χ1n) is 7.21. The summed E-state index contributed by atoms with van der Waals surface area (Å²) in [4.78, 5) is 11.4. The molecule has 0 radical (unpaired) electrons. The molecule has 2 N–H and O–H groups in total. The summed E-state index contributed by atoms with van der Waals surface area (Å²) in [6, 6.07) is 1.11. The zero-order chi connectivity index (χ0) is 13.0. The van der Waals surface area contributed by atoms with Gasteiger partial charge in [0.05, 0.1) is 19.1 Å². The number of aliphatic hydroxyl groups is 1. The van der Waals surface area contributed by atoms with Gasteiger partial charge in [0.15, 0.2) is 0 Å². The van der Waals surface area contributed by atoms with Gasteiger partial charge in [-0.05, 0) is 51.4 Å². The molecule has 0 unspecified atom stereocenters. The summed E-state index contributed by atoms with van der Waals surface area (Å²) in [5, 5.41) is 13.2. The summed E-state index contributed by atoms with van der Waals surface area (Å²) in [6.45, 7) is 0. The summed E-state index contributed by atoms with van der Waals surface area (Å²) >= 11 is 0. The van der Waals surface area contributed by atoms with Crippen LogP contribution in [0.4, 0.5) is 0 Å². The maximum absolute atomic E-state index is 11.4. The van der Waals surface area contributed by atoms with E-state index < -0.39 is 0 Å². The number of carbonyl (C=O) groups is 1. The minimum Gasteiger partial charge on any atom is -0.469 e. The van der Waals surface area contributed by atoms with Crippen molar-refractivity contribution < 1.29 is 14.6 Å². The number of hydrogen-bond donors (Lipinski definition) is 2. The molecule has 0 heterocycles. The molecule has 2 aliphatic carbocycles. The fourth-order valence-electron chi connectivity index (χ4n) is 3.24. The molecular formula is C14H25NO3. The minimum absolute atomic E-state index is 0.0470. The molecule has 0 bridgehead atoms. The third-order valence-electron chi connectivity index (χ3n) is 4.43. The van der Waals surface area contributed by atoms with Gasteiger partial charge in [0.1, 0.15) is 0 Å². The van der Waals surface area contributed by atoms with Crippen molar-refractivity contribution in [2.75, 3.05) is 7.11 Å². The molecule has 0 aromatic rings. The average Bonchev–Trinajstić information content (AvgIpc) is 2.41. The number of aliphatic hydroxyl groups excluding tert-OH is 1. The van der Waals surface area contributed by atoms with Crippen LogP contribution in [0, 0.1) is 5.92 Å². The average molecular weight is 255 g/mol. The summed E-state index contributed by atoms with van der Waals surface area (Å²) in [5.41, 5.74) is 0. The minimum atomic E-state index is -0.0851. The van der Waals surface area contributed by atoms with Crippen LogP contribution in [0.15, 0.2) is 0 Å². The van der Waals surface area contributed by atoms with Crippen LogP contribution >= 0.6 is 0 Å². The van der Waals surface area contributed by atoms with E-state index in [-0.39, 0.29) is 18.0 Å². The lowest BCUT2D eigenvalue weighted by Crippen LogP contribution is -2.43. The van der Waals surface area contributed by atoms with Crippen molar-refractivity contribution in [3.63, 3.8) is 0 Å². The summed E-state index contributed by atoms with van der Waals surface area (Å²) in [7, 11) is 1.47. The molecule has 0 atom stereocenters. The van der Waals surface area contributed by atoms with Crippen LogP contribution < -0.4 is 5.32 Å². The van der Waals surface area contributed by atoms with E-state index in [9.17, 15) is 9.90 Å². The first kappa shape index (κ1) is 13.8. The number of hydrogen-bond acceptors (Lipinski definition) is 4. The van der Waals surface area contributed by atoms with E-state index >= 15 is 0 Å². The molecule has 2 saturated carbocycles. The van der Waals surface area contributed by atoms with Crippen molar-refractivity contribution in [2.45, 2.75) is 69.6 Å². The highest BCUT2D eigenvalue weighted by Crippen LogP contribution is 2.27. The molecule has 104 valence electrons. The molecule has 0 spiro atoms. The molecule has 4 nitrogen and oxygen atoms in total. The van der Waals surface area contributed by atoms with Crippen LogP contribution in [-0.4, -0.2) is 36.4 Å². The number of methoxy groups -OCH3 is 1. The first-order chi connectivity index (χ1) is 8.69. The Morgan fingerprint density at radius 1 is 1.00 bits per heavy atom. The van der Waals surface area contributed by atoms with E-state index in [0.29, 0.717) is 12.1 Å². The Bertz CT molecular complexity index is 266. The Balaban J connectivity index is 1.69. The van der Waals surface area contributed by atoms with Gasteiger partial charge in [0.2, 0.25) is 0 Å². The van der Waals surface area contributed by atoms with E-state index in [4.69, 9.17) is 4.74 Å². The van der Waals surface area contributed by atoms with Gasteiger partial charge in [-0.3, -0.25) is 4.79 Å². The summed E-state index contributed by atoms with van der Waals surface area (Å²) in [6.07, 6.45) is 7.95. The Labute approximate surface area is 109 Å². The van der Waals surface area contributed by atoms with E-state index in [1.165, 1.54) is 7.11 Å². The van der Waals surface area contributed by atoms with Gasteiger partial charge in [-0.15, -0.1) is 0 Å². The van der Waals surface area contributed by atoms with E-state index in [0.717, 1.165) is 51.4 Å².